The highest BCUT2D eigenvalue weighted by molar-refractivity contribution is 7.90. The van der Waals surface area contributed by atoms with Crippen LogP contribution in [0.15, 0.2) is 18.2 Å². The van der Waals surface area contributed by atoms with Gasteiger partial charge in [0, 0.05) is 20.1 Å². The third kappa shape index (κ3) is 2.12. The van der Waals surface area contributed by atoms with Crippen molar-refractivity contribution >= 4 is 15.9 Å². The lowest BCUT2D eigenvalue weighted by atomic mass is 10.1. The van der Waals surface area contributed by atoms with Crippen molar-refractivity contribution in [3.63, 3.8) is 0 Å². The maximum absolute atomic E-state index is 12.4. The zero-order valence-corrected chi connectivity index (χ0v) is 12.0. The molecule has 0 aliphatic carbocycles. The van der Waals surface area contributed by atoms with Gasteiger partial charge in [-0.25, -0.2) is 0 Å². The molecule has 0 aromatic heterocycles. The van der Waals surface area contributed by atoms with E-state index >= 15 is 0 Å². The molecule has 1 fully saturated rings. The van der Waals surface area contributed by atoms with Crippen molar-refractivity contribution in [2.75, 3.05) is 24.4 Å². The van der Waals surface area contributed by atoms with Crippen LogP contribution in [0.2, 0.25) is 0 Å². The Morgan fingerprint density at radius 1 is 1.28 bits per heavy atom. The number of aryl methyl sites for hydroxylation is 2. The fourth-order valence-corrected chi connectivity index (χ4v) is 3.97. The molecule has 0 spiro atoms. The maximum Gasteiger partial charge on any atom is 0.303 e. The van der Waals surface area contributed by atoms with E-state index in [0.29, 0.717) is 13.1 Å². The second-order valence-corrected chi connectivity index (χ2v) is 6.65. The molecule has 0 saturated carbocycles. The van der Waals surface area contributed by atoms with Gasteiger partial charge >= 0.3 is 10.2 Å². The van der Waals surface area contributed by atoms with Gasteiger partial charge in [-0.1, -0.05) is 25.1 Å². The molecule has 0 radical (unpaired) electrons. The number of anilines is 1. The van der Waals surface area contributed by atoms with Crippen LogP contribution in [-0.2, 0) is 16.6 Å². The lowest BCUT2D eigenvalue weighted by molar-refractivity contribution is 0.437. The second-order valence-electron chi connectivity index (χ2n) is 4.69. The molecule has 1 aromatic rings. The quantitative estimate of drug-likeness (QED) is 0.822. The first-order valence-corrected chi connectivity index (χ1v) is 7.70. The highest BCUT2D eigenvalue weighted by atomic mass is 32.2. The summed E-state index contributed by atoms with van der Waals surface area (Å²) in [7, 11) is -1.70. The van der Waals surface area contributed by atoms with Crippen LogP contribution in [0.3, 0.4) is 0 Å². The standard InChI is InChI=1S/C13H20N2O2S/c1-4-12-8-5-7-11(2)13(12)15-10-6-9-14(3)18(15,16)17/h5,7-8H,4,6,9-10H2,1-3H3. The Bertz CT molecular complexity index is 540. The molecule has 0 unspecified atom stereocenters. The number of hydrogen-bond acceptors (Lipinski definition) is 2. The molecule has 18 heavy (non-hydrogen) atoms. The molecular formula is C13H20N2O2S. The zero-order valence-electron chi connectivity index (χ0n) is 11.2. The van der Waals surface area contributed by atoms with Crippen LogP contribution in [-0.4, -0.2) is 32.9 Å². The van der Waals surface area contributed by atoms with Crippen molar-refractivity contribution in [2.24, 2.45) is 0 Å². The second kappa shape index (κ2) is 4.90. The minimum absolute atomic E-state index is 0.574. The summed E-state index contributed by atoms with van der Waals surface area (Å²) >= 11 is 0. The van der Waals surface area contributed by atoms with E-state index in [0.717, 1.165) is 29.7 Å². The first-order valence-electron chi connectivity index (χ1n) is 6.31. The maximum atomic E-state index is 12.4. The van der Waals surface area contributed by atoms with E-state index < -0.39 is 10.2 Å². The van der Waals surface area contributed by atoms with Gasteiger partial charge in [0.1, 0.15) is 0 Å². The molecule has 1 heterocycles. The average Bonchev–Trinajstić information content (AvgIpc) is 2.33. The molecule has 1 saturated heterocycles. The van der Waals surface area contributed by atoms with E-state index in [1.54, 1.807) is 11.4 Å². The van der Waals surface area contributed by atoms with E-state index in [4.69, 9.17) is 0 Å². The summed E-state index contributed by atoms with van der Waals surface area (Å²) in [6, 6.07) is 5.96. The molecule has 0 bridgehead atoms. The van der Waals surface area contributed by atoms with Crippen LogP contribution in [0.1, 0.15) is 24.5 Å². The number of nitrogens with zero attached hydrogens (tertiary/aromatic N) is 2. The van der Waals surface area contributed by atoms with Gasteiger partial charge in [0.15, 0.2) is 0 Å². The van der Waals surface area contributed by atoms with Gasteiger partial charge < -0.3 is 0 Å². The largest absolute Gasteiger partial charge is 0.303 e. The molecule has 1 aromatic carbocycles. The molecule has 4 nitrogen and oxygen atoms in total. The molecule has 1 aliphatic rings. The van der Waals surface area contributed by atoms with Gasteiger partial charge in [0.25, 0.3) is 0 Å². The molecule has 0 amide bonds. The topological polar surface area (TPSA) is 40.6 Å². The molecule has 2 rings (SSSR count). The fraction of sp³-hybridized carbons (Fsp3) is 0.538. The third-order valence-electron chi connectivity index (χ3n) is 3.46. The van der Waals surface area contributed by atoms with Crippen molar-refractivity contribution in [3.8, 4) is 0 Å². The summed E-state index contributed by atoms with van der Waals surface area (Å²) in [6.07, 6.45) is 1.71. The molecular weight excluding hydrogens is 248 g/mol. The van der Waals surface area contributed by atoms with Gasteiger partial charge in [-0.05, 0) is 30.9 Å². The SMILES string of the molecule is CCc1cccc(C)c1N1CCCN(C)S1(=O)=O. The normalized spacial score (nSPS) is 20.1. The zero-order chi connectivity index (χ0) is 13.3. The van der Waals surface area contributed by atoms with Crippen molar-refractivity contribution in [2.45, 2.75) is 26.7 Å². The fourth-order valence-electron chi connectivity index (χ4n) is 2.43. The van der Waals surface area contributed by atoms with Crippen molar-refractivity contribution in [1.82, 2.24) is 4.31 Å². The van der Waals surface area contributed by atoms with Crippen LogP contribution in [0.25, 0.3) is 0 Å². The summed E-state index contributed by atoms with van der Waals surface area (Å²) in [5, 5.41) is 0. The monoisotopic (exact) mass is 268 g/mol. The van der Waals surface area contributed by atoms with E-state index in [1.165, 1.54) is 4.31 Å². The summed E-state index contributed by atoms with van der Waals surface area (Å²) in [4.78, 5) is 0. The van der Waals surface area contributed by atoms with Crippen LogP contribution >= 0.6 is 0 Å². The average molecular weight is 268 g/mol. The van der Waals surface area contributed by atoms with Gasteiger partial charge in [0.05, 0.1) is 5.69 Å². The summed E-state index contributed by atoms with van der Waals surface area (Å²) in [5.41, 5.74) is 2.98. The predicted octanol–water partition coefficient (Wildman–Crippen LogP) is 1.94. The number of benzene rings is 1. The number of para-hydroxylation sites is 1. The Labute approximate surface area is 109 Å². The summed E-state index contributed by atoms with van der Waals surface area (Å²) < 4.78 is 27.8. The Morgan fingerprint density at radius 3 is 2.67 bits per heavy atom. The number of hydrogen-bond donors (Lipinski definition) is 0. The van der Waals surface area contributed by atoms with Gasteiger partial charge in [-0.2, -0.15) is 12.7 Å². The first kappa shape index (κ1) is 13.4. The molecule has 100 valence electrons. The van der Waals surface area contributed by atoms with E-state index in [-0.39, 0.29) is 0 Å². The highest BCUT2D eigenvalue weighted by Gasteiger charge is 2.32. The highest BCUT2D eigenvalue weighted by Crippen LogP contribution is 2.30. The molecule has 1 aliphatic heterocycles. The molecule has 5 heteroatoms. The van der Waals surface area contributed by atoms with E-state index in [1.807, 2.05) is 25.1 Å². The summed E-state index contributed by atoms with van der Waals surface area (Å²) in [5.74, 6) is 0. The van der Waals surface area contributed by atoms with Crippen molar-refractivity contribution < 1.29 is 8.42 Å². The predicted molar refractivity (Wildman–Crippen MR) is 74.1 cm³/mol. The van der Waals surface area contributed by atoms with Crippen LogP contribution < -0.4 is 4.31 Å². The smallest absolute Gasteiger partial charge is 0.257 e. The Morgan fingerprint density at radius 2 is 2.00 bits per heavy atom. The van der Waals surface area contributed by atoms with Crippen LogP contribution in [0.4, 0.5) is 5.69 Å². The van der Waals surface area contributed by atoms with Crippen LogP contribution in [0.5, 0.6) is 0 Å². The Hall–Kier alpha value is -1.07. The Kier molecular flexibility index (Phi) is 3.64. The third-order valence-corrected chi connectivity index (χ3v) is 5.35. The number of rotatable bonds is 2. The van der Waals surface area contributed by atoms with Gasteiger partial charge in [0.2, 0.25) is 0 Å². The summed E-state index contributed by atoms with van der Waals surface area (Å²) in [6.45, 7) is 5.20. The molecule has 0 N–H and O–H groups in total. The Balaban J connectivity index is 2.54. The van der Waals surface area contributed by atoms with E-state index in [9.17, 15) is 8.42 Å². The van der Waals surface area contributed by atoms with Gasteiger partial charge in [-0.15, -0.1) is 0 Å². The minimum atomic E-state index is -3.34. The minimum Gasteiger partial charge on any atom is -0.257 e. The lowest BCUT2D eigenvalue weighted by Crippen LogP contribution is -2.48. The van der Waals surface area contributed by atoms with Gasteiger partial charge in [-0.3, -0.25) is 4.31 Å². The molecule has 0 atom stereocenters. The van der Waals surface area contributed by atoms with Crippen molar-refractivity contribution in [1.29, 1.82) is 0 Å². The van der Waals surface area contributed by atoms with E-state index in [2.05, 4.69) is 6.92 Å². The van der Waals surface area contributed by atoms with Crippen molar-refractivity contribution in [3.05, 3.63) is 29.3 Å². The first-order chi connectivity index (χ1) is 8.48. The lowest BCUT2D eigenvalue weighted by Gasteiger charge is -2.35. The van der Waals surface area contributed by atoms with Crippen LogP contribution in [0, 0.1) is 6.92 Å².